The molecule has 0 unspecified atom stereocenters. The molecule has 8 heteroatoms. The highest BCUT2D eigenvalue weighted by Gasteiger charge is 2.34. The lowest BCUT2D eigenvalue weighted by molar-refractivity contribution is -0.130. The van der Waals surface area contributed by atoms with Crippen molar-refractivity contribution in [2.24, 2.45) is 5.92 Å². The number of unbranched alkanes of at least 4 members (excludes halogenated alkanes) is 1. The topological polar surface area (TPSA) is 95.9 Å². The van der Waals surface area contributed by atoms with Gasteiger partial charge in [-0.05, 0) is 37.1 Å². The molecule has 8 nitrogen and oxygen atoms in total. The van der Waals surface area contributed by atoms with Gasteiger partial charge < -0.3 is 19.6 Å². The van der Waals surface area contributed by atoms with Crippen LogP contribution in [0.5, 0.6) is 5.88 Å². The smallest absolute Gasteiger partial charge is 0.259 e. The first-order valence-electron chi connectivity index (χ1n) is 12.0. The number of amides is 2. The molecule has 0 radical (unpaired) electrons. The number of hydrogen-bond donors (Lipinski definition) is 1. The van der Waals surface area contributed by atoms with Gasteiger partial charge >= 0.3 is 0 Å². The molecule has 1 aliphatic heterocycles. The minimum absolute atomic E-state index is 0.0413. The molecule has 0 aliphatic carbocycles. The van der Waals surface area contributed by atoms with Gasteiger partial charge in [-0.15, -0.1) is 0 Å². The summed E-state index contributed by atoms with van der Waals surface area (Å²) in [5, 5.41) is 9.80. The standard InChI is InChI=1S/C27H34N4O4/c1-5-6-7-8-22-13-23-26(29-15-22)35-24(19(2)16-31(27(23)34)20(3)18-32)17-30(4)25(33)14-21-9-11-28-12-10-21/h9-13,15,19-20,24,32H,5-6,14,16-18H2,1-4H3/t19-,20+,24+/m0/s1. The first-order chi connectivity index (χ1) is 16.8. The zero-order chi connectivity index (χ0) is 25.4. The fourth-order valence-electron chi connectivity index (χ4n) is 3.86. The van der Waals surface area contributed by atoms with E-state index >= 15 is 0 Å². The second-order valence-electron chi connectivity index (χ2n) is 9.06. The average molecular weight is 479 g/mol. The van der Waals surface area contributed by atoms with E-state index in [1.807, 2.05) is 26.0 Å². The number of carbonyl (C=O) groups is 2. The first kappa shape index (κ1) is 26.2. The van der Waals surface area contributed by atoms with Crippen LogP contribution in [0.3, 0.4) is 0 Å². The molecule has 2 amide bonds. The predicted molar refractivity (Wildman–Crippen MR) is 133 cm³/mol. The summed E-state index contributed by atoms with van der Waals surface area (Å²) in [6.07, 6.45) is 6.51. The highest BCUT2D eigenvalue weighted by Crippen LogP contribution is 2.27. The Kier molecular flexibility index (Phi) is 9.21. The number of nitrogens with zero attached hydrogens (tertiary/aromatic N) is 4. The van der Waals surface area contributed by atoms with E-state index in [1.165, 1.54) is 0 Å². The fraction of sp³-hybridized carbons (Fsp3) is 0.481. The maximum atomic E-state index is 13.4. The van der Waals surface area contributed by atoms with E-state index in [9.17, 15) is 14.7 Å². The number of pyridine rings is 2. The van der Waals surface area contributed by atoms with Crippen LogP contribution < -0.4 is 4.74 Å². The van der Waals surface area contributed by atoms with Gasteiger partial charge in [0.2, 0.25) is 11.8 Å². The van der Waals surface area contributed by atoms with Crippen LogP contribution in [-0.2, 0) is 11.2 Å². The number of carbonyl (C=O) groups excluding carboxylic acids is 2. The van der Waals surface area contributed by atoms with E-state index in [2.05, 4.69) is 28.7 Å². The van der Waals surface area contributed by atoms with Crippen LogP contribution in [0.15, 0.2) is 36.8 Å². The SMILES string of the molecule is CCCC#Cc1cnc2c(c1)C(=O)N([C@H](C)CO)C[C@H](C)[C@@H](CN(C)C(=O)Cc1ccncc1)O2. The number of aromatic nitrogens is 2. The molecule has 3 rings (SSSR count). The zero-order valence-corrected chi connectivity index (χ0v) is 20.9. The van der Waals surface area contributed by atoms with Crippen molar-refractivity contribution in [3.8, 4) is 17.7 Å². The van der Waals surface area contributed by atoms with Crippen molar-refractivity contribution in [3.05, 3.63) is 53.5 Å². The number of likely N-dealkylation sites (N-methyl/N-ethyl adjacent to an activating group) is 1. The van der Waals surface area contributed by atoms with Crippen molar-refractivity contribution in [1.82, 2.24) is 19.8 Å². The monoisotopic (exact) mass is 478 g/mol. The van der Waals surface area contributed by atoms with Crippen LogP contribution >= 0.6 is 0 Å². The molecular formula is C27H34N4O4. The van der Waals surface area contributed by atoms with Crippen LogP contribution in [0, 0.1) is 17.8 Å². The van der Waals surface area contributed by atoms with Crippen molar-refractivity contribution in [2.75, 3.05) is 26.7 Å². The van der Waals surface area contributed by atoms with E-state index < -0.39 is 6.10 Å². The molecule has 3 atom stereocenters. The van der Waals surface area contributed by atoms with Crippen molar-refractivity contribution in [1.29, 1.82) is 0 Å². The summed E-state index contributed by atoms with van der Waals surface area (Å²) in [5.41, 5.74) is 1.84. The summed E-state index contributed by atoms with van der Waals surface area (Å²) in [5.74, 6) is 5.95. The van der Waals surface area contributed by atoms with Crippen LogP contribution in [0.2, 0.25) is 0 Å². The lowest BCUT2D eigenvalue weighted by atomic mass is 9.99. The molecule has 1 aliphatic rings. The Morgan fingerprint density at radius 3 is 2.80 bits per heavy atom. The van der Waals surface area contributed by atoms with Crippen molar-refractivity contribution in [3.63, 3.8) is 0 Å². The summed E-state index contributed by atoms with van der Waals surface area (Å²) in [4.78, 5) is 38.0. The van der Waals surface area contributed by atoms with Gasteiger partial charge in [-0.1, -0.05) is 25.7 Å². The summed E-state index contributed by atoms with van der Waals surface area (Å²) >= 11 is 0. The minimum Gasteiger partial charge on any atom is -0.472 e. The molecule has 0 bridgehead atoms. The van der Waals surface area contributed by atoms with Crippen molar-refractivity contribution in [2.45, 2.75) is 52.2 Å². The Labute approximate surface area is 207 Å². The molecule has 0 saturated carbocycles. The molecule has 0 fully saturated rings. The van der Waals surface area contributed by atoms with Crippen LogP contribution in [0.1, 0.15) is 55.1 Å². The molecule has 0 spiro atoms. The lowest BCUT2D eigenvalue weighted by Crippen LogP contribution is -2.50. The van der Waals surface area contributed by atoms with Gasteiger partial charge in [0.05, 0.1) is 25.6 Å². The molecule has 0 aromatic carbocycles. The summed E-state index contributed by atoms with van der Waals surface area (Å²) in [6.45, 7) is 6.39. The zero-order valence-electron chi connectivity index (χ0n) is 20.9. The Hall–Kier alpha value is -3.44. The summed E-state index contributed by atoms with van der Waals surface area (Å²) in [6, 6.07) is 4.97. The Bertz CT molecular complexity index is 1080. The number of ether oxygens (including phenoxy) is 1. The second kappa shape index (κ2) is 12.3. The number of aliphatic hydroxyl groups excluding tert-OH is 1. The average Bonchev–Trinajstić information content (AvgIpc) is 2.86. The van der Waals surface area contributed by atoms with Crippen molar-refractivity contribution >= 4 is 11.8 Å². The van der Waals surface area contributed by atoms with Gasteiger partial charge in [0.15, 0.2) is 0 Å². The minimum atomic E-state index is -0.397. The van der Waals surface area contributed by atoms with Gasteiger partial charge in [-0.3, -0.25) is 14.6 Å². The maximum Gasteiger partial charge on any atom is 0.259 e. The highest BCUT2D eigenvalue weighted by atomic mass is 16.5. The molecule has 3 heterocycles. The second-order valence-corrected chi connectivity index (χ2v) is 9.06. The van der Waals surface area contributed by atoms with Crippen LogP contribution in [-0.4, -0.2) is 75.6 Å². The molecular weight excluding hydrogens is 444 g/mol. The van der Waals surface area contributed by atoms with E-state index in [4.69, 9.17) is 4.74 Å². The third-order valence-electron chi connectivity index (χ3n) is 6.11. The van der Waals surface area contributed by atoms with E-state index in [0.717, 1.165) is 18.4 Å². The Morgan fingerprint density at radius 1 is 1.37 bits per heavy atom. The number of hydrogen-bond acceptors (Lipinski definition) is 6. The Balaban J connectivity index is 1.87. The van der Waals surface area contributed by atoms with Gasteiger partial charge in [-0.25, -0.2) is 4.98 Å². The first-order valence-corrected chi connectivity index (χ1v) is 12.0. The third-order valence-corrected chi connectivity index (χ3v) is 6.11. The normalized spacial score (nSPS) is 18.3. The quantitative estimate of drug-likeness (QED) is 0.615. The van der Waals surface area contributed by atoms with Gasteiger partial charge in [0.25, 0.3) is 5.91 Å². The lowest BCUT2D eigenvalue weighted by Gasteiger charge is -2.37. The molecule has 35 heavy (non-hydrogen) atoms. The number of fused-ring (bicyclic) bond motifs is 1. The van der Waals surface area contributed by atoms with Gasteiger partial charge in [0.1, 0.15) is 11.7 Å². The van der Waals surface area contributed by atoms with Gasteiger partial charge in [-0.2, -0.15) is 0 Å². The molecule has 2 aromatic heterocycles. The maximum absolute atomic E-state index is 13.4. The predicted octanol–water partition coefficient (Wildman–Crippen LogP) is 2.55. The fourth-order valence-corrected chi connectivity index (χ4v) is 3.86. The summed E-state index contributed by atoms with van der Waals surface area (Å²) < 4.78 is 6.26. The van der Waals surface area contributed by atoms with Crippen LogP contribution in [0.25, 0.3) is 0 Å². The number of rotatable bonds is 7. The van der Waals surface area contributed by atoms with E-state index in [1.54, 1.807) is 41.5 Å². The molecule has 186 valence electrons. The van der Waals surface area contributed by atoms with Crippen LogP contribution in [0.4, 0.5) is 0 Å². The Morgan fingerprint density at radius 2 is 2.11 bits per heavy atom. The molecule has 1 N–H and O–H groups in total. The van der Waals surface area contributed by atoms with E-state index in [0.29, 0.717) is 24.2 Å². The van der Waals surface area contributed by atoms with E-state index in [-0.39, 0.29) is 42.7 Å². The van der Waals surface area contributed by atoms with Gasteiger partial charge in [0, 0.05) is 50.1 Å². The van der Waals surface area contributed by atoms with Crippen molar-refractivity contribution < 1.29 is 19.4 Å². The summed E-state index contributed by atoms with van der Waals surface area (Å²) in [7, 11) is 1.75. The third kappa shape index (κ3) is 6.80. The largest absolute Gasteiger partial charge is 0.472 e. The highest BCUT2D eigenvalue weighted by molar-refractivity contribution is 5.97. The molecule has 2 aromatic rings. The number of aliphatic hydroxyl groups is 1. The molecule has 0 saturated heterocycles.